The number of benzene rings is 1. The summed E-state index contributed by atoms with van der Waals surface area (Å²) in [5.41, 5.74) is 2.36. The molecule has 3 rings (SSSR count). The number of fused-ring (bicyclic) bond motifs is 1. The number of aliphatic hydroxyl groups excluding tert-OH is 1. The van der Waals surface area contributed by atoms with Crippen LogP contribution < -0.4 is 5.32 Å². The molecule has 1 aromatic rings. The van der Waals surface area contributed by atoms with Crippen molar-refractivity contribution in [1.29, 1.82) is 0 Å². The molecule has 1 aliphatic heterocycles. The molecule has 1 aliphatic carbocycles. The van der Waals surface area contributed by atoms with Gasteiger partial charge in [0.2, 0.25) is 0 Å². The van der Waals surface area contributed by atoms with E-state index in [1.807, 2.05) is 18.2 Å². The standard InChI is InChI=1S/C13H16N2O/c16-12-10-4-2-1-3-9(10)5-6-11(12)13-14-7-8-15-13/h1-4,11-12,16H,5-8H2,(H,14,15). The molecular weight excluding hydrogens is 200 g/mol. The number of nitrogens with one attached hydrogen (secondary N) is 1. The average molecular weight is 216 g/mol. The van der Waals surface area contributed by atoms with E-state index >= 15 is 0 Å². The SMILES string of the molecule is OC1c2ccccc2CCC1C1=NCCN1. The third-order valence-electron chi connectivity index (χ3n) is 3.53. The van der Waals surface area contributed by atoms with Gasteiger partial charge >= 0.3 is 0 Å². The van der Waals surface area contributed by atoms with Crippen molar-refractivity contribution < 1.29 is 5.11 Å². The Morgan fingerprint density at radius 3 is 3.00 bits per heavy atom. The fourth-order valence-corrected chi connectivity index (χ4v) is 2.69. The van der Waals surface area contributed by atoms with Crippen molar-refractivity contribution in [1.82, 2.24) is 5.32 Å². The van der Waals surface area contributed by atoms with Crippen LogP contribution in [0.1, 0.15) is 23.7 Å². The Morgan fingerprint density at radius 2 is 2.19 bits per heavy atom. The number of rotatable bonds is 1. The summed E-state index contributed by atoms with van der Waals surface area (Å²) in [4.78, 5) is 4.43. The van der Waals surface area contributed by atoms with Gasteiger partial charge in [0.05, 0.1) is 12.6 Å². The second-order valence-corrected chi connectivity index (χ2v) is 4.48. The minimum atomic E-state index is -0.394. The first kappa shape index (κ1) is 9.85. The van der Waals surface area contributed by atoms with Gasteiger partial charge in [-0.05, 0) is 24.0 Å². The highest BCUT2D eigenvalue weighted by atomic mass is 16.3. The maximum absolute atomic E-state index is 10.4. The van der Waals surface area contributed by atoms with Crippen molar-refractivity contribution in [3.05, 3.63) is 35.4 Å². The minimum absolute atomic E-state index is 0.164. The first-order chi connectivity index (χ1) is 7.86. The Balaban J connectivity index is 1.91. The van der Waals surface area contributed by atoms with Crippen LogP contribution in [0.25, 0.3) is 0 Å². The molecule has 1 aromatic carbocycles. The van der Waals surface area contributed by atoms with Gasteiger partial charge in [0, 0.05) is 12.5 Å². The lowest BCUT2D eigenvalue weighted by atomic mass is 9.81. The van der Waals surface area contributed by atoms with Gasteiger partial charge in [0.15, 0.2) is 0 Å². The molecule has 1 heterocycles. The third-order valence-corrected chi connectivity index (χ3v) is 3.53. The van der Waals surface area contributed by atoms with Crippen LogP contribution in [0.3, 0.4) is 0 Å². The predicted octanol–water partition coefficient (Wildman–Crippen LogP) is 1.28. The van der Waals surface area contributed by atoms with Crippen LogP contribution in [0.5, 0.6) is 0 Å². The van der Waals surface area contributed by atoms with E-state index in [-0.39, 0.29) is 5.92 Å². The highest BCUT2D eigenvalue weighted by Crippen LogP contribution is 2.34. The molecule has 2 aliphatic rings. The number of nitrogens with zero attached hydrogens (tertiary/aromatic N) is 1. The second kappa shape index (κ2) is 3.91. The number of hydrogen-bond acceptors (Lipinski definition) is 3. The summed E-state index contributed by atoms with van der Waals surface area (Å²) in [5.74, 6) is 1.17. The van der Waals surface area contributed by atoms with E-state index in [9.17, 15) is 5.11 Å². The van der Waals surface area contributed by atoms with Crippen molar-refractivity contribution in [3.63, 3.8) is 0 Å². The van der Waals surface area contributed by atoms with Crippen LogP contribution in [0.4, 0.5) is 0 Å². The monoisotopic (exact) mass is 216 g/mol. The van der Waals surface area contributed by atoms with Crippen molar-refractivity contribution >= 4 is 5.84 Å². The summed E-state index contributed by atoms with van der Waals surface area (Å²) >= 11 is 0. The fourth-order valence-electron chi connectivity index (χ4n) is 2.69. The second-order valence-electron chi connectivity index (χ2n) is 4.48. The summed E-state index contributed by atoms with van der Waals surface area (Å²) in [6, 6.07) is 8.17. The average Bonchev–Trinajstić information content (AvgIpc) is 2.83. The highest BCUT2D eigenvalue weighted by molar-refractivity contribution is 5.86. The molecule has 2 unspecified atom stereocenters. The van der Waals surface area contributed by atoms with Crippen LogP contribution >= 0.6 is 0 Å². The maximum atomic E-state index is 10.4. The smallest absolute Gasteiger partial charge is 0.103 e. The van der Waals surface area contributed by atoms with E-state index in [0.717, 1.165) is 37.3 Å². The lowest BCUT2D eigenvalue weighted by Crippen LogP contribution is -2.34. The molecule has 0 fully saturated rings. The van der Waals surface area contributed by atoms with Gasteiger partial charge in [-0.15, -0.1) is 0 Å². The van der Waals surface area contributed by atoms with E-state index in [2.05, 4.69) is 16.4 Å². The summed E-state index contributed by atoms with van der Waals surface area (Å²) in [7, 11) is 0. The van der Waals surface area contributed by atoms with Crippen LogP contribution in [0.2, 0.25) is 0 Å². The Labute approximate surface area is 95.2 Å². The van der Waals surface area contributed by atoms with Gasteiger partial charge in [-0.3, -0.25) is 4.99 Å². The van der Waals surface area contributed by atoms with E-state index in [1.165, 1.54) is 5.56 Å². The van der Waals surface area contributed by atoms with Crippen molar-refractivity contribution in [3.8, 4) is 0 Å². The van der Waals surface area contributed by atoms with Crippen LogP contribution in [0.15, 0.2) is 29.3 Å². The van der Waals surface area contributed by atoms with E-state index in [1.54, 1.807) is 0 Å². The number of aryl methyl sites for hydroxylation is 1. The first-order valence-corrected chi connectivity index (χ1v) is 5.90. The fraction of sp³-hybridized carbons (Fsp3) is 0.462. The van der Waals surface area contributed by atoms with Crippen LogP contribution in [-0.4, -0.2) is 24.0 Å². The van der Waals surface area contributed by atoms with Gasteiger partial charge in [-0.1, -0.05) is 24.3 Å². The Morgan fingerprint density at radius 1 is 1.31 bits per heavy atom. The Bertz CT molecular complexity index is 428. The summed E-state index contributed by atoms with van der Waals surface area (Å²) in [6.45, 7) is 1.76. The summed E-state index contributed by atoms with van der Waals surface area (Å²) in [6.07, 6.45) is 1.64. The molecule has 3 nitrogen and oxygen atoms in total. The van der Waals surface area contributed by atoms with Gasteiger partial charge in [0.1, 0.15) is 5.84 Å². The van der Waals surface area contributed by atoms with Crippen LogP contribution in [0, 0.1) is 5.92 Å². The third kappa shape index (κ3) is 1.52. The molecule has 0 saturated carbocycles. The van der Waals surface area contributed by atoms with E-state index in [0.29, 0.717) is 0 Å². The molecule has 0 radical (unpaired) electrons. The Kier molecular flexibility index (Phi) is 2.40. The molecule has 16 heavy (non-hydrogen) atoms. The van der Waals surface area contributed by atoms with Crippen LogP contribution in [-0.2, 0) is 6.42 Å². The normalized spacial score (nSPS) is 28.2. The van der Waals surface area contributed by atoms with E-state index in [4.69, 9.17) is 0 Å². The zero-order valence-corrected chi connectivity index (χ0v) is 9.19. The molecule has 0 amide bonds. The minimum Gasteiger partial charge on any atom is -0.388 e. The molecule has 3 heteroatoms. The predicted molar refractivity (Wildman–Crippen MR) is 63.5 cm³/mol. The number of amidine groups is 1. The molecule has 0 saturated heterocycles. The largest absolute Gasteiger partial charge is 0.388 e. The molecule has 0 bridgehead atoms. The quantitative estimate of drug-likeness (QED) is 0.743. The van der Waals surface area contributed by atoms with Gasteiger partial charge in [0.25, 0.3) is 0 Å². The molecule has 0 aromatic heterocycles. The molecule has 84 valence electrons. The van der Waals surface area contributed by atoms with Gasteiger partial charge in [-0.25, -0.2) is 0 Å². The topological polar surface area (TPSA) is 44.6 Å². The lowest BCUT2D eigenvalue weighted by Gasteiger charge is -2.30. The lowest BCUT2D eigenvalue weighted by molar-refractivity contribution is 0.125. The van der Waals surface area contributed by atoms with Crippen molar-refractivity contribution in [2.45, 2.75) is 18.9 Å². The van der Waals surface area contributed by atoms with Crippen molar-refractivity contribution in [2.75, 3.05) is 13.1 Å². The summed E-state index contributed by atoms with van der Waals surface area (Å²) in [5, 5.41) is 13.6. The van der Waals surface area contributed by atoms with Gasteiger partial charge in [-0.2, -0.15) is 0 Å². The molecule has 0 spiro atoms. The number of hydrogen-bond donors (Lipinski definition) is 2. The van der Waals surface area contributed by atoms with Crippen molar-refractivity contribution in [2.24, 2.45) is 10.9 Å². The molecule has 2 N–H and O–H groups in total. The zero-order chi connectivity index (χ0) is 11.0. The maximum Gasteiger partial charge on any atom is 0.103 e. The molecule has 2 atom stereocenters. The summed E-state index contributed by atoms with van der Waals surface area (Å²) < 4.78 is 0. The number of aliphatic hydroxyl groups is 1. The van der Waals surface area contributed by atoms with Gasteiger partial charge < -0.3 is 10.4 Å². The Hall–Kier alpha value is -1.35. The zero-order valence-electron chi connectivity index (χ0n) is 9.19. The number of aliphatic imine (C=N–C) groups is 1. The highest BCUT2D eigenvalue weighted by Gasteiger charge is 2.32. The van der Waals surface area contributed by atoms with E-state index < -0.39 is 6.10 Å². The first-order valence-electron chi connectivity index (χ1n) is 5.90. The molecular formula is C13H16N2O.